The Morgan fingerprint density at radius 2 is 2.33 bits per heavy atom. The van der Waals surface area contributed by atoms with E-state index >= 15 is 0 Å². The van der Waals surface area contributed by atoms with Crippen LogP contribution < -0.4 is 15.8 Å². The number of ether oxygens (including phenoxy) is 1. The van der Waals surface area contributed by atoms with E-state index in [1.165, 1.54) is 0 Å². The second-order valence-electron chi connectivity index (χ2n) is 4.17. The van der Waals surface area contributed by atoms with Gasteiger partial charge in [-0.25, -0.2) is 0 Å². The van der Waals surface area contributed by atoms with Crippen LogP contribution >= 0.6 is 15.9 Å². The minimum atomic E-state index is -0.115. The standard InChI is InChI=1S/C11H15BrN2O/c1-11(4-5-14-7-11)15-10-6-8(13)2-3-9(10)12/h2-3,6,14H,4-5,7,13H2,1H3/t11-/m1/s1. The van der Waals surface area contributed by atoms with Crippen LogP contribution in [0.3, 0.4) is 0 Å². The SMILES string of the molecule is C[C@@]1(Oc2cc(N)ccc2Br)CCNC1. The fourth-order valence-electron chi connectivity index (χ4n) is 1.74. The Labute approximate surface area is 98.1 Å². The number of anilines is 1. The first-order valence-electron chi connectivity index (χ1n) is 5.04. The molecular weight excluding hydrogens is 256 g/mol. The third-order valence-corrected chi connectivity index (χ3v) is 3.30. The van der Waals surface area contributed by atoms with Gasteiger partial charge in [-0.05, 0) is 41.5 Å². The average molecular weight is 271 g/mol. The predicted octanol–water partition coefficient (Wildman–Crippen LogP) is 2.16. The first kappa shape index (κ1) is 10.8. The van der Waals surface area contributed by atoms with Gasteiger partial charge in [0.05, 0.1) is 4.47 Å². The van der Waals surface area contributed by atoms with Crippen LogP contribution in [0.1, 0.15) is 13.3 Å². The van der Waals surface area contributed by atoms with Crippen molar-refractivity contribution >= 4 is 21.6 Å². The first-order valence-corrected chi connectivity index (χ1v) is 5.83. The number of nitrogen functional groups attached to an aromatic ring is 1. The van der Waals surface area contributed by atoms with Crippen molar-refractivity contribution in [3.8, 4) is 5.75 Å². The van der Waals surface area contributed by atoms with E-state index in [4.69, 9.17) is 10.5 Å². The fourth-order valence-corrected chi connectivity index (χ4v) is 2.07. The second-order valence-corrected chi connectivity index (χ2v) is 5.02. The van der Waals surface area contributed by atoms with Gasteiger partial charge < -0.3 is 15.8 Å². The number of rotatable bonds is 2. The Bertz CT molecular complexity index is 362. The Morgan fingerprint density at radius 1 is 1.53 bits per heavy atom. The molecule has 1 fully saturated rings. The molecule has 1 aromatic rings. The molecule has 0 aromatic heterocycles. The van der Waals surface area contributed by atoms with Gasteiger partial charge in [0.25, 0.3) is 0 Å². The van der Waals surface area contributed by atoms with E-state index < -0.39 is 0 Å². The summed E-state index contributed by atoms with van der Waals surface area (Å²) in [6.45, 7) is 4.01. The van der Waals surface area contributed by atoms with Crippen LogP contribution in [0, 0.1) is 0 Å². The molecule has 0 amide bonds. The Morgan fingerprint density at radius 3 is 3.00 bits per heavy atom. The van der Waals surface area contributed by atoms with E-state index in [2.05, 4.69) is 28.2 Å². The molecule has 1 aliphatic rings. The number of nitrogens with one attached hydrogen (secondary N) is 1. The quantitative estimate of drug-likeness (QED) is 0.810. The largest absolute Gasteiger partial charge is 0.485 e. The van der Waals surface area contributed by atoms with Crippen LogP contribution in [0.25, 0.3) is 0 Å². The zero-order chi connectivity index (χ0) is 10.9. The van der Waals surface area contributed by atoms with Crippen LogP contribution in [0.4, 0.5) is 5.69 Å². The maximum atomic E-state index is 5.99. The number of benzene rings is 1. The van der Waals surface area contributed by atoms with Crippen molar-refractivity contribution in [1.29, 1.82) is 0 Å². The molecule has 0 saturated carbocycles. The Kier molecular flexibility index (Phi) is 2.89. The van der Waals surface area contributed by atoms with Gasteiger partial charge in [-0.2, -0.15) is 0 Å². The lowest BCUT2D eigenvalue weighted by Crippen LogP contribution is -2.34. The zero-order valence-corrected chi connectivity index (χ0v) is 10.3. The molecule has 82 valence electrons. The van der Waals surface area contributed by atoms with Crippen LogP contribution in [0.5, 0.6) is 5.75 Å². The maximum Gasteiger partial charge on any atom is 0.136 e. The summed E-state index contributed by atoms with van der Waals surface area (Å²) in [7, 11) is 0. The van der Waals surface area contributed by atoms with Crippen molar-refractivity contribution in [3.05, 3.63) is 22.7 Å². The van der Waals surface area contributed by atoms with Crippen LogP contribution in [-0.4, -0.2) is 18.7 Å². The molecule has 1 aromatic carbocycles. The molecule has 4 heteroatoms. The molecule has 0 radical (unpaired) electrons. The summed E-state index contributed by atoms with van der Waals surface area (Å²) in [6, 6.07) is 5.62. The van der Waals surface area contributed by atoms with E-state index in [1.807, 2.05) is 18.2 Å². The summed E-state index contributed by atoms with van der Waals surface area (Å²) in [5.74, 6) is 0.821. The molecule has 1 heterocycles. The van der Waals surface area contributed by atoms with Gasteiger partial charge in [0.15, 0.2) is 0 Å². The minimum absolute atomic E-state index is 0.115. The molecule has 3 nitrogen and oxygen atoms in total. The molecule has 1 saturated heterocycles. The fraction of sp³-hybridized carbons (Fsp3) is 0.455. The summed E-state index contributed by atoms with van der Waals surface area (Å²) in [5.41, 5.74) is 6.34. The number of halogens is 1. The van der Waals surface area contributed by atoms with E-state index in [0.717, 1.165) is 35.4 Å². The summed E-state index contributed by atoms with van der Waals surface area (Å²) in [4.78, 5) is 0. The topological polar surface area (TPSA) is 47.3 Å². The molecule has 0 spiro atoms. The second kappa shape index (κ2) is 4.02. The Hall–Kier alpha value is -0.740. The highest BCUT2D eigenvalue weighted by Gasteiger charge is 2.31. The molecule has 3 N–H and O–H groups in total. The molecule has 0 aliphatic carbocycles. The molecule has 0 bridgehead atoms. The smallest absolute Gasteiger partial charge is 0.136 e. The van der Waals surface area contributed by atoms with E-state index in [1.54, 1.807) is 0 Å². The summed E-state index contributed by atoms with van der Waals surface area (Å²) in [6.07, 6.45) is 1.02. The predicted molar refractivity (Wildman–Crippen MR) is 65.1 cm³/mol. The molecule has 0 unspecified atom stereocenters. The summed E-state index contributed by atoms with van der Waals surface area (Å²) < 4.78 is 6.93. The van der Waals surface area contributed by atoms with Gasteiger partial charge in [-0.1, -0.05) is 0 Å². The van der Waals surface area contributed by atoms with Crippen molar-refractivity contribution in [3.63, 3.8) is 0 Å². The molecule has 1 atom stereocenters. The van der Waals surface area contributed by atoms with Crippen LogP contribution in [0.2, 0.25) is 0 Å². The van der Waals surface area contributed by atoms with Crippen LogP contribution in [-0.2, 0) is 0 Å². The zero-order valence-electron chi connectivity index (χ0n) is 8.72. The summed E-state index contributed by atoms with van der Waals surface area (Å²) >= 11 is 3.46. The number of hydrogen-bond donors (Lipinski definition) is 2. The van der Waals surface area contributed by atoms with Gasteiger partial charge in [-0.15, -0.1) is 0 Å². The van der Waals surface area contributed by atoms with E-state index in [-0.39, 0.29) is 5.60 Å². The van der Waals surface area contributed by atoms with Crippen LogP contribution in [0.15, 0.2) is 22.7 Å². The van der Waals surface area contributed by atoms with Gasteiger partial charge in [0.1, 0.15) is 11.4 Å². The highest BCUT2D eigenvalue weighted by molar-refractivity contribution is 9.10. The number of hydrogen-bond acceptors (Lipinski definition) is 3. The highest BCUT2D eigenvalue weighted by atomic mass is 79.9. The van der Waals surface area contributed by atoms with Gasteiger partial charge in [-0.3, -0.25) is 0 Å². The highest BCUT2D eigenvalue weighted by Crippen LogP contribution is 2.31. The first-order chi connectivity index (χ1) is 7.09. The van der Waals surface area contributed by atoms with Crippen molar-refractivity contribution in [2.24, 2.45) is 0 Å². The Balaban J connectivity index is 2.19. The van der Waals surface area contributed by atoms with Gasteiger partial charge in [0.2, 0.25) is 0 Å². The third-order valence-electron chi connectivity index (χ3n) is 2.64. The van der Waals surface area contributed by atoms with Crippen molar-refractivity contribution in [2.75, 3.05) is 18.8 Å². The average Bonchev–Trinajstić information content (AvgIpc) is 2.59. The lowest BCUT2D eigenvalue weighted by molar-refractivity contribution is 0.110. The molecule has 1 aliphatic heterocycles. The third kappa shape index (κ3) is 2.44. The normalized spacial score (nSPS) is 25.5. The van der Waals surface area contributed by atoms with E-state index in [9.17, 15) is 0 Å². The van der Waals surface area contributed by atoms with Crippen molar-refractivity contribution in [1.82, 2.24) is 5.32 Å². The molecular formula is C11H15BrN2O. The minimum Gasteiger partial charge on any atom is -0.485 e. The lowest BCUT2D eigenvalue weighted by atomic mass is 10.1. The van der Waals surface area contributed by atoms with Gasteiger partial charge in [0, 0.05) is 24.7 Å². The summed E-state index contributed by atoms with van der Waals surface area (Å²) in [5, 5.41) is 3.30. The maximum absolute atomic E-state index is 5.99. The lowest BCUT2D eigenvalue weighted by Gasteiger charge is -2.25. The van der Waals surface area contributed by atoms with Gasteiger partial charge >= 0.3 is 0 Å². The van der Waals surface area contributed by atoms with Crippen molar-refractivity contribution in [2.45, 2.75) is 18.9 Å². The number of nitrogens with two attached hydrogens (primary N) is 1. The molecule has 15 heavy (non-hydrogen) atoms. The van der Waals surface area contributed by atoms with Crippen molar-refractivity contribution < 1.29 is 4.74 Å². The molecule has 2 rings (SSSR count). The monoisotopic (exact) mass is 270 g/mol. The van der Waals surface area contributed by atoms with E-state index in [0.29, 0.717) is 0 Å².